The zero-order valence-corrected chi connectivity index (χ0v) is 12.4. The van der Waals surface area contributed by atoms with Crippen molar-refractivity contribution in [1.29, 1.82) is 0 Å². The smallest absolute Gasteiger partial charge is 0.243 e. The molecule has 0 unspecified atom stereocenters. The van der Waals surface area contributed by atoms with Crippen molar-refractivity contribution in [3.8, 4) is 0 Å². The number of rotatable bonds is 6. The fourth-order valence-corrected chi connectivity index (χ4v) is 2.89. The largest absolute Gasteiger partial charge is 0.398 e. The van der Waals surface area contributed by atoms with Gasteiger partial charge in [0.1, 0.15) is 10.7 Å². The highest BCUT2D eigenvalue weighted by Gasteiger charge is 2.20. The molecule has 0 atom stereocenters. The maximum atomic E-state index is 13.6. The summed E-state index contributed by atoms with van der Waals surface area (Å²) in [6, 6.07) is 2.16. The Labute approximate surface area is 115 Å². The average molecular weight is 339 g/mol. The monoisotopic (exact) mass is 338 g/mol. The molecule has 1 rings (SSSR count). The third kappa shape index (κ3) is 3.93. The quantitative estimate of drug-likeness (QED) is 0.618. The van der Waals surface area contributed by atoms with Gasteiger partial charge in [-0.3, -0.25) is 0 Å². The molecule has 4 nitrogen and oxygen atoms in total. The molecule has 0 radical (unpaired) electrons. The zero-order valence-electron chi connectivity index (χ0n) is 10.0. The number of hydrogen-bond acceptors (Lipinski definition) is 3. The van der Waals surface area contributed by atoms with Crippen LogP contribution in [0.3, 0.4) is 0 Å². The summed E-state index contributed by atoms with van der Waals surface area (Å²) in [5.41, 5.74) is 5.74. The van der Waals surface area contributed by atoms with E-state index < -0.39 is 20.7 Å². The number of sulfonamides is 1. The number of hydrogen-bond donors (Lipinski definition) is 2. The normalized spacial score (nSPS) is 11.7. The number of anilines is 1. The molecule has 0 spiro atoms. The molecule has 0 fully saturated rings. The highest BCUT2D eigenvalue weighted by molar-refractivity contribution is 9.10. The third-order valence-corrected chi connectivity index (χ3v) is 4.58. The van der Waals surface area contributed by atoms with Crippen LogP contribution in [0, 0.1) is 5.82 Å². The Morgan fingerprint density at radius 1 is 1.39 bits per heavy atom. The summed E-state index contributed by atoms with van der Waals surface area (Å²) in [5, 5.41) is 0. The van der Waals surface area contributed by atoms with Gasteiger partial charge in [0.15, 0.2) is 0 Å². The second-order valence-electron chi connectivity index (χ2n) is 3.91. The lowest BCUT2D eigenvalue weighted by Crippen LogP contribution is -2.25. The average Bonchev–Trinajstić information content (AvgIpc) is 2.29. The van der Waals surface area contributed by atoms with Crippen LogP contribution in [0.15, 0.2) is 21.5 Å². The minimum absolute atomic E-state index is 0.185. The van der Waals surface area contributed by atoms with Crippen molar-refractivity contribution in [3.05, 3.63) is 22.4 Å². The van der Waals surface area contributed by atoms with Gasteiger partial charge in [-0.15, -0.1) is 0 Å². The lowest BCUT2D eigenvalue weighted by Gasteiger charge is -2.09. The van der Waals surface area contributed by atoms with E-state index >= 15 is 0 Å². The number of benzene rings is 1. The van der Waals surface area contributed by atoms with Gasteiger partial charge >= 0.3 is 0 Å². The summed E-state index contributed by atoms with van der Waals surface area (Å²) >= 11 is 3.04. The van der Waals surface area contributed by atoms with Crippen LogP contribution in [0.5, 0.6) is 0 Å². The third-order valence-electron chi connectivity index (χ3n) is 2.41. The Bertz CT molecular complexity index is 520. The molecule has 0 aliphatic heterocycles. The van der Waals surface area contributed by atoms with Crippen molar-refractivity contribution in [2.75, 3.05) is 12.3 Å². The molecular formula is C11H16BrFN2O2S. The first-order valence-corrected chi connectivity index (χ1v) is 7.90. The molecule has 0 bridgehead atoms. The maximum absolute atomic E-state index is 13.6. The van der Waals surface area contributed by atoms with E-state index in [1.807, 2.05) is 6.92 Å². The van der Waals surface area contributed by atoms with Crippen molar-refractivity contribution in [2.24, 2.45) is 0 Å². The van der Waals surface area contributed by atoms with E-state index in [4.69, 9.17) is 5.73 Å². The van der Waals surface area contributed by atoms with E-state index in [1.165, 1.54) is 0 Å². The van der Waals surface area contributed by atoms with Crippen molar-refractivity contribution in [2.45, 2.75) is 31.1 Å². The standard InChI is InChI=1S/C11H16BrFN2O2S/c1-2-3-4-5-15-18(16,17)11-7-10(14)8(12)6-9(11)13/h6-7,15H,2-5,14H2,1H3. The van der Waals surface area contributed by atoms with Crippen LogP contribution in [0.2, 0.25) is 0 Å². The van der Waals surface area contributed by atoms with Crippen molar-refractivity contribution in [1.82, 2.24) is 4.72 Å². The highest BCUT2D eigenvalue weighted by atomic mass is 79.9. The van der Waals surface area contributed by atoms with Crippen LogP contribution < -0.4 is 10.5 Å². The van der Waals surface area contributed by atoms with Gasteiger partial charge in [-0.1, -0.05) is 19.8 Å². The summed E-state index contributed by atoms with van der Waals surface area (Å²) in [7, 11) is -3.84. The van der Waals surface area contributed by atoms with E-state index in [0.717, 1.165) is 31.4 Å². The molecule has 0 heterocycles. The topological polar surface area (TPSA) is 72.2 Å². The number of halogens is 2. The van der Waals surface area contributed by atoms with Gasteiger partial charge in [-0.05, 0) is 34.5 Å². The van der Waals surface area contributed by atoms with Gasteiger partial charge in [0.05, 0.1) is 0 Å². The van der Waals surface area contributed by atoms with Crippen LogP contribution in [-0.4, -0.2) is 15.0 Å². The minimum atomic E-state index is -3.84. The Morgan fingerprint density at radius 3 is 2.67 bits per heavy atom. The van der Waals surface area contributed by atoms with Crippen LogP contribution in [-0.2, 0) is 10.0 Å². The summed E-state index contributed by atoms with van der Waals surface area (Å²) < 4.78 is 40.0. The van der Waals surface area contributed by atoms with Gasteiger partial charge in [0, 0.05) is 16.7 Å². The predicted molar refractivity (Wildman–Crippen MR) is 73.2 cm³/mol. The number of nitrogen functional groups attached to an aromatic ring is 1. The lowest BCUT2D eigenvalue weighted by molar-refractivity contribution is 0.553. The number of nitrogens with one attached hydrogen (secondary N) is 1. The van der Waals surface area contributed by atoms with E-state index in [0.29, 0.717) is 11.0 Å². The van der Waals surface area contributed by atoms with Gasteiger partial charge < -0.3 is 5.73 Å². The fraction of sp³-hybridized carbons (Fsp3) is 0.455. The summed E-state index contributed by atoms with van der Waals surface area (Å²) in [6.45, 7) is 2.31. The van der Waals surface area contributed by atoms with Crippen molar-refractivity contribution >= 4 is 31.6 Å². The summed E-state index contributed by atoms with van der Waals surface area (Å²) in [5.74, 6) is -0.820. The SMILES string of the molecule is CCCCCNS(=O)(=O)c1cc(N)c(Br)cc1F. The van der Waals surface area contributed by atoms with Crippen molar-refractivity contribution in [3.63, 3.8) is 0 Å². The Kier molecular flexibility index (Phi) is 5.55. The highest BCUT2D eigenvalue weighted by Crippen LogP contribution is 2.25. The van der Waals surface area contributed by atoms with Crippen LogP contribution in [0.1, 0.15) is 26.2 Å². The fourth-order valence-electron chi connectivity index (χ4n) is 1.41. The zero-order chi connectivity index (χ0) is 13.8. The molecule has 0 aliphatic carbocycles. The molecule has 18 heavy (non-hydrogen) atoms. The first kappa shape index (κ1) is 15.4. The summed E-state index contributed by atoms with van der Waals surface area (Å²) in [6.07, 6.45) is 2.64. The second-order valence-corrected chi connectivity index (χ2v) is 6.50. The van der Waals surface area contributed by atoms with Crippen LogP contribution >= 0.6 is 15.9 Å². The molecule has 1 aromatic carbocycles. The van der Waals surface area contributed by atoms with Gasteiger partial charge in [0.2, 0.25) is 10.0 Å². The Morgan fingerprint density at radius 2 is 2.06 bits per heavy atom. The van der Waals surface area contributed by atoms with Gasteiger partial charge in [-0.25, -0.2) is 17.5 Å². The molecule has 3 N–H and O–H groups in total. The molecule has 0 aromatic heterocycles. The molecule has 0 amide bonds. The van der Waals surface area contributed by atoms with Crippen molar-refractivity contribution < 1.29 is 12.8 Å². The molecule has 102 valence electrons. The summed E-state index contributed by atoms with van der Waals surface area (Å²) in [4.78, 5) is -0.417. The molecule has 1 aromatic rings. The molecule has 0 saturated carbocycles. The van der Waals surface area contributed by atoms with Gasteiger partial charge in [0.25, 0.3) is 0 Å². The van der Waals surface area contributed by atoms with Gasteiger partial charge in [-0.2, -0.15) is 0 Å². The molecule has 0 saturated heterocycles. The van der Waals surface area contributed by atoms with E-state index in [-0.39, 0.29) is 5.69 Å². The lowest BCUT2D eigenvalue weighted by atomic mass is 10.3. The minimum Gasteiger partial charge on any atom is -0.398 e. The van der Waals surface area contributed by atoms with Crippen LogP contribution in [0.25, 0.3) is 0 Å². The first-order chi connectivity index (χ1) is 8.38. The number of unbranched alkanes of at least 4 members (excludes halogenated alkanes) is 2. The predicted octanol–water partition coefficient (Wildman–Crippen LogP) is 2.64. The molecule has 0 aliphatic rings. The van der Waals surface area contributed by atoms with E-state index in [2.05, 4.69) is 20.7 Å². The second kappa shape index (κ2) is 6.49. The van der Waals surface area contributed by atoms with E-state index in [1.54, 1.807) is 0 Å². The van der Waals surface area contributed by atoms with E-state index in [9.17, 15) is 12.8 Å². The number of nitrogens with two attached hydrogens (primary N) is 1. The van der Waals surface area contributed by atoms with Crippen LogP contribution in [0.4, 0.5) is 10.1 Å². The first-order valence-electron chi connectivity index (χ1n) is 5.62. The molecule has 7 heteroatoms. The Hall–Kier alpha value is -0.660. The maximum Gasteiger partial charge on any atom is 0.243 e. The Balaban J connectivity index is 2.88. The molecular weight excluding hydrogens is 323 g/mol.